The van der Waals surface area contributed by atoms with E-state index in [-0.39, 0.29) is 5.92 Å². The fourth-order valence-electron chi connectivity index (χ4n) is 5.07. The van der Waals surface area contributed by atoms with Gasteiger partial charge < -0.3 is 0 Å². The Bertz CT molecular complexity index is 445. The van der Waals surface area contributed by atoms with Crippen LogP contribution in [0.3, 0.4) is 0 Å². The molecule has 2 saturated carbocycles. The van der Waals surface area contributed by atoms with E-state index in [1.165, 1.54) is 24.8 Å². The minimum absolute atomic E-state index is 0.286. The highest BCUT2D eigenvalue weighted by molar-refractivity contribution is 5.86. The second-order valence-electron chi connectivity index (χ2n) is 6.91. The van der Waals surface area contributed by atoms with Crippen LogP contribution in [0.25, 0.3) is 0 Å². The van der Waals surface area contributed by atoms with Crippen molar-refractivity contribution in [1.82, 2.24) is 0 Å². The van der Waals surface area contributed by atoms with Gasteiger partial charge >= 0.3 is 0 Å². The van der Waals surface area contributed by atoms with Gasteiger partial charge in [-0.15, -0.1) is 0 Å². The Morgan fingerprint density at radius 1 is 1.17 bits per heavy atom. The summed E-state index contributed by atoms with van der Waals surface area (Å²) in [5, 5.41) is 0. The highest BCUT2D eigenvalue weighted by Crippen LogP contribution is 2.56. The standard InChI is InChI=1S/C17H22O/c1-10-5-6-12-9-11-7-8-14(11)16(12)17(18)15-4-2-3-13(10)15/h2-3,5,11-16H,4,6-9H2,1H3/b10-5-. The number of Topliss-reactive ketones (excluding diaryl/α,β-unsaturated/α-hetero) is 1. The Kier molecular flexibility index (Phi) is 2.34. The molecule has 6 unspecified atom stereocenters. The number of hydrogen-bond acceptors (Lipinski definition) is 1. The van der Waals surface area contributed by atoms with Crippen LogP contribution < -0.4 is 0 Å². The quantitative estimate of drug-likeness (QED) is 0.591. The van der Waals surface area contributed by atoms with Crippen LogP contribution in [0.4, 0.5) is 0 Å². The molecule has 0 aromatic carbocycles. The summed E-state index contributed by atoms with van der Waals surface area (Å²) in [6.45, 7) is 2.23. The van der Waals surface area contributed by atoms with Gasteiger partial charge in [0.2, 0.25) is 0 Å². The zero-order valence-corrected chi connectivity index (χ0v) is 11.1. The Morgan fingerprint density at radius 3 is 2.83 bits per heavy atom. The largest absolute Gasteiger partial charge is 0.299 e. The zero-order valence-electron chi connectivity index (χ0n) is 11.1. The molecule has 0 radical (unpaired) electrons. The smallest absolute Gasteiger partial charge is 0.140 e. The van der Waals surface area contributed by atoms with Crippen LogP contribution in [-0.4, -0.2) is 5.78 Å². The van der Waals surface area contributed by atoms with E-state index in [0.717, 1.165) is 24.7 Å². The minimum Gasteiger partial charge on any atom is -0.299 e. The van der Waals surface area contributed by atoms with Crippen molar-refractivity contribution in [1.29, 1.82) is 0 Å². The Hall–Kier alpha value is -0.850. The van der Waals surface area contributed by atoms with Gasteiger partial charge in [-0.2, -0.15) is 0 Å². The fourth-order valence-corrected chi connectivity index (χ4v) is 5.07. The molecule has 0 heterocycles. The van der Waals surface area contributed by atoms with Gasteiger partial charge in [-0.1, -0.05) is 23.8 Å². The van der Waals surface area contributed by atoms with Crippen molar-refractivity contribution in [2.75, 3.05) is 0 Å². The lowest BCUT2D eigenvalue weighted by atomic mass is 9.67. The van der Waals surface area contributed by atoms with E-state index in [0.29, 0.717) is 23.5 Å². The molecule has 0 N–H and O–H groups in total. The number of ketones is 1. The van der Waals surface area contributed by atoms with Crippen LogP contribution in [0, 0.1) is 35.5 Å². The molecule has 18 heavy (non-hydrogen) atoms. The lowest BCUT2D eigenvalue weighted by molar-refractivity contribution is -0.131. The van der Waals surface area contributed by atoms with Crippen molar-refractivity contribution in [3.05, 3.63) is 23.8 Å². The fraction of sp³-hybridized carbons (Fsp3) is 0.706. The van der Waals surface area contributed by atoms with E-state index in [1.54, 1.807) is 0 Å². The normalized spacial score (nSPS) is 52.5. The Balaban J connectivity index is 1.71. The molecular formula is C17H22O. The molecule has 0 aromatic heterocycles. The van der Waals surface area contributed by atoms with Gasteiger partial charge in [0, 0.05) is 17.8 Å². The van der Waals surface area contributed by atoms with Crippen molar-refractivity contribution in [3.63, 3.8) is 0 Å². The van der Waals surface area contributed by atoms with E-state index in [1.807, 2.05) is 0 Å². The number of allylic oxidation sites excluding steroid dienone is 4. The first-order valence-corrected chi connectivity index (χ1v) is 7.62. The SMILES string of the molecule is C/C1=C/CC2CC3CCC3C2C(=O)C2CC=CC12. The van der Waals surface area contributed by atoms with E-state index < -0.39 is 0 Å². The maximum Gasteiger partial charge on any atom is 0.140 e. The topological polar surface area (TPSA) is 17.1 Å². The molecule has 4 aliphatic rings. The summed E-state index contributed by atoms with van der Waals surface area (Å²) < 4.78 is 0. The van der Waals surface area contributed by atoms with Crippen LogP contribution in [0.15, 0.2) is 23.8 Å². The van der Waals surface area contributed by atoms with Crippen molar-refractivity contribution < 1.29 is 4.79 Å². The maximum atomic E-state index is 12.9. The van der Waals surface area contributed by atoms with E-state index >= 15 is 0 Å². The number of rotatable bonds is 0. The van der Waals surface area contributed by atoms with Gasteiger partial charge in [-0.25, -0.2) is 0 Å². The van der Waals surface area contributed by atoms with Crippen LogP contribution in [-0.2, 0) is 4.79 Å². The van der Waals surface area contributed by atoms with E-state index in [4.69, 9.17) is 0 Å². The molecule has 4 aliphatic carbocycles. The van der Waals surface area contributed by atoms with Gasteiger partial charge in [-0.3, -0.25) is 4.79 Å². The first-order valence-electron chi connectivity index (χ1n) is 7.62. The van der Waals surface area contributed by atoms with Crippen molar-refractivity contribution in [2.45, 2.75) is 39.0 Å². The average Bonchev–Trinajstić information content (AvgIpc) is 2.89. The Labute approximate surface area is 109 Å². The maximum absolute atomic E-state index is 12.9. The van der Waals surface area contributed by atoms with E-state index in [2.05, 4.69) is 25.2 Å². The molecule has 96 valence electrons. The number of hydrogen-bond donors (Lipinski definition) is 0. The lowest BCUT2D eigenvalue weighted by Crippen LogP contribution is -2.37. The molecule has 2 fully saturated rings. The van der Waals surface area contributed by atoms with Gasteiger partial charge in [-0.05, 0) is 56.8 Å². The summed E-state index contributed by atoms with van der Waals surface area (Å²) in [5.74, 6) is 4.08. The summed E-state index contributed by atoms with van der Waals surface area (Å²) in [6.07, 6.45) is 13.2. The highest BCUT2D eigenvalue weighted by Gasteiger charge is 2.52. The molecule has 0 aliphatic heterocycles. The molecule has 0 amide bonds. The third-order valence-electron chi connectivity index (χ3n) is 6.18. The Morgan fingerprint density at radius 2 is 2.06 bits per heavy atom. The summed E-state index contributed by atoms with van der Waals surface area (Å²) in [6, 6.07) is 0. The number of carbonyl (C=O) groups excluding carboxylic acids is 1. The summed E-state index contributed by atoms with van der Waals surface area (Å²) in [7, 11) is 0. The highest BCUT2D eigenvalue weighted by atomic mass is 16.1. The summed E-state index contributed by atoms with van der Waals surface area (Å²) in [4.78, 5) is 12.9. The lowest BCUT2D eigenvalue weighted by Gasteiger charge is -2.36. The average molecular weight is 242 g/mol. The molecule has 0 bridgehead atoms. The van der Waals surface area contributed by atoms with Crippen molar-refractivity contribution >= 4 is 5.78 Å². The van der Waals surface area contributed by atoms with Gasteiger partial charge in [0.25, 0.3) is 0 Å². The first-order chi connectivity index (χ1) is 8.75. The molecule has 4 rings (SSSR count). The molecule has 0 spiro atoms. The van der Waals surface area contributed by atoms with Crippen LogP contribution in [0.5, 0.6) is 0 Å². The molecule has 0 saturated heterocycles. The molecular weight excluding hydrogens is 220 g/mol. The second-order valence-corrected chi connectivity index (χ2v) is 6.91. The third kappa shape index (κ3) is 1.36. The van der Waals surface area contributed by atoms with Gasteiger partial charge in [0.15, 0.2) is 0 Å². The van der Waals surface area contributed by atoms with Crippen molar-refractivity contribution in [3.8, 4) is 0 Å². The predicted molar refractivity (Wildman–Crippen MR) is 71.9 cm³/mol. The van der Waals surface area contributed by atoms with Crippen molar-refractivity contribution in [2.24, 2.45) is 35.5 Å². The van der Waals surface area contributed by atoms with Crippen LogP contribution >= 0.6 is 0 Å². The van der Waals surface area contributed by atoms with Gasteiger partial charge in [0.1, 0.15) is 5.78 Å². The zero-order chi connectivity index (χ0) is 12.3. The molecule has 6 atom stereocenters. The van der Waals surface area contributed by atoms with Gasteiger partial charge in [0.05, 0.1) is 0 Å². The monoisotopic (exact) mass is 242 g/mol. The minimum atomic E-state index is 0.286. The molecule has 0 aromatic rings. The van der Waals surface area contributed by atoms with Crippen LogP contribution in [0.2, 0.25) is 0 Å². The summed E-state index contributed by atoms with van der Waals surface area (Å²) >= 11 is 0. The predicted octanol–water partition coefficient (Wildman–Crippen LogP) is 3.76. The molecule has 1 nitrogen and oxygen atoms in total. The third-order valence-corrected chi connectivity index (χ3v) is 6.18. The summed E-state index contributed by atoms with van der Waals surface area (Å²) in [5.41, 5.74) is 1.44. The van der Waals surface area contributed by atoms with Crippen LogP contribution in [0.1, 0.15) is 39.0 Å². The second kappa shape index (κ2) is 3.82. The number of carbonyl (C=O) groups is 1. The van der Waals surface area contributed by atoms with E-state index in [9.17, 15) is 4.79 Å². The molecule has 1 heteroatoms. The first kappa shape index (κ1) is 11.0. The number of fused-ring (bicyclic) bond motifs is 4.